The summed E-state index contributed by atoms with van der Waals surface area (Å²) < 4.78 is 10.6. The predicted molar refractivity (Wildman–Crippen MR) is 124 cm³/mol. The summed E-state index contributed by atoms with van der Waals surface area (Å²) >= 11 is 1.43. The monoisotopic (exact) mass is 449 g/mol. The molecule has 0 radical (unpaired) electrons. The third kappa shape index (κ3) is 4.50. The average molecular weight is 450 g/mol. The topological polar surface area (TPSA) is 92.4 Å². The van der Waals surface area contributed by atoms with E-state index in [0.29, 0.717) is 11.4 Å². The predicted octanol–water partition coefficient (Wildman–Crippen LogP) is 3.78. The van der Waals surface area contributed by atoms with Crippen LogP contribution >= 0.6 is 11.3 Å². The number of morpholine rings is 1. The lowest BCUT2D eigenvalue weighted by molar-refractivity contribution is 0.0332. The van der Waals surface area contributed by atoms with E-state index in [1.807, 2.05) is 42.5 Å². The van der Waals surface area contributed by atoms with Gasteiger partial charge in [0.1, 0.15) is 22.3 Å². The van der Waals surface area contributed by atoms with Gasteiger partial charge in [-0.3, -0.25) is 9.69 Å². The fourth-order valence-corrected chi connectivity index (χ4v) is 4.43. The Bertz CT molecular complexity index is 1230. The van der Waals surface area contributed by atoms with Gasteiger partial charge >= 0.3 is 0 Å². The minimum atomic E-state index is -0.242. The number of rotatable bonds is 6. The number of aromatic nitrogens is 3. The molecule has 32 heavy (non-hydrogen) atoms. The number of carbonyl (C=O) groups excluding carboxylic acids is 1. The molecular weight excluding hydrogens is 426 g/mol. The molecule has 0 spiro atoms. The van der Waals surface area contributed by atoms with Crippen LogP contribution in [0.15, 0.2) is 47.8 Å². The summed E-state index contributed by atoms with van der Waals surface area (Å²) in [4.78, 5) is 27.6. The van der Waals surface area contributed by atoms with Crippen molar-refractivity contribution < 1.29 is 14.3 Å². The maximum atomic E-state index is 12.7. The minimum absolute atomic E-state index is 0.242. The number of methoxy groups -OCH3 is 1. The van der Waals surface area contributed by atoms with Gasteiger partial charge < -0.3 is 19.8 Å². The zero-order valence-electron chi connectivity index (χ0n) is 17.6. The van der Waals surface area contributed by atoms with Crippen molar-refractivity contribution in [3.8, 4) is 16.3 Å². The summed E-state index contributed by atoms with van der Waals surface area (Å²) in [6, 6.07) is 13.3. The number of anilines is 1. The number of hydrogen-bond donors (Lipinski definition) is 2. The van der Waals surface area contributed by atoms with Crippen LogP contribution in [0.25, 0.3) is 21.6 Å². The van der Waals surface area contributed by atoms with E-state index in [-0.39, 0.29) is 5.91 Å². The van der Waals surface area contributed by atoms with E-state index >= 15 is 0 Å². The van der Waals surface area contributed by atoms with Gasteiger partial charge in [0.25, 0.3) is 5.91 Å². The number of H-pyrrole nitrogens is 1. The summed E-state index contributed by atoms with van der Waals surface area (Å²) in [5.41, 5.74) is 3.80. The minimum Gasteiger partial charge on any atom is -0.497 e. The van der Waals surface area contributed by atoms with Crippen molar-refractivity contribution in [1.29, 1.82) is 0 Å². The molecule has 164 valence electrons. The van der Waals surface area contributed by atoms with Crippen LogP contribution in [-0.2, 0) is 11.3 Å². The van der Waals surface area contributed by atoms with Gasteiger partial charge in [0.05, 0.1) is 37.9 Å². The normalized spacial score (nSPS) is 14.5. The van der Waals surface area contributed by atoms with Crippen LogP contribution in [0.2, 0.25) is 0 Å². The number of fused-ring (bicyclic) bond motifs is 1. The molecule has 8 nitrogen and oxygen atoms in total. The number of benzene rings is 2. The number of amides is 1. The first-order valence-corrected chi connectivity index (χ1v) is 11.3. The van der Waals surface area contributed by atoms with Crippen molar-refractivity contribution in [2.75, 3.05) is 38.7 Å². The molecule has 1 aliphatic heterocycles. The van der Waals surface area contributed by atoms with Crippen molar-refractivity contribution in [3.05, 3.63) is 59.4 Å². The molecule has 2 aromatic carbocycles. The van der Waals surface area contributed by atoms with E-state index in [1.54, 1.807) is 12.5 Å². The molecule has 0 aliphatic carbocycles. The van der Waals surface area contributed by atoms with Gasteiger partial charge in [-0.2, -0.15) is 0 Å². The van der Waals surface area contributed by atoms with Gasteiger partial charge in [0.15, 0.2) is 0 Å². The molecule has 1 amide bonds. The third-order valence-electron chi connectivity index (χ3n) is 5.34. The number of nitrogens with one attached hydrogen (secondary N) is 2. The Kier molecular flexibility index (Phi) is 5.85. The number of hydrogen-bond acceptors (Lipinski definition) is 7. The summed E-state index contributed by atoms with van der Waals surface area (Å²) in [5, 5.41) is 5.49. The number of ether oxygens (including phenoxy) is 2. The van der Waals surface area contributed by atoms with E-state index < -0.39 is 0 Å². The third-order valence-corrected chi connectivity index (χ3v) is 6.23. The van der Waals surface area contributed by atoms with E-state index in [9.17, 15) is 4.79 Å². The Morgan fingerprint density at radius 2 is 2.00 bits per heavy atom. The first kappa shape index (κ1) is 20.6. The van der Waals surface area contributed by atoms with Crippen LogP contribution in [0.3, 0.4) is 0 Å². The fourth-order valence-electron chi connectivity index (χ4n) is 3.63. The highest BCUT2D eigenvalue weighted by molar-refractivity contribution is 7.13. The van der Waals surface area contributed by atoms with Crippen LogP contribution in [0, 0.1) is 0 Å². The summed E-state index contributed by atoms with van der Waals surface area (Å²) in [6.07, 6.45) is 0. The zero-order valence-corrected chi connectivity index (χ0v) is 18.4. The number of imidazole rings is 1. The molecular formula is C23H23N5O3S. The average Bonchev–Trinajstić information content (AvgIpc) is 3.47. The van der Waals surface area contributed by atoms with Crippen molar-refractivity contribution >= 4 is 34.0 Å². The Balaban J connectivity index is 1.27. The van der Waals surface area contributed by atoms with Crippen LogP contribution in [0.5, 0.6) is 5.75 Å². The maximum Gasteiger partial charge on any atom is 0.275 e. The van der Waals surface area contributed by atoms with E-state index in [0.717, 1.165) is 66.0 Å². The van der Waals surface area contributed by atoms with Crippen LogP contribution in [-0.4, -0.2) is 59.2 Å². The highest BCUT2D eigenvalue weighted by Crippen LogP contribution is 2.26. The second-order valence-corrected chi connectivity index (χ2v) is 8.38. The lowest BCUT2D eigenvalue weighted by Gasteiger charge is -2.25. The standard InChI is InChI=1S/C23H23N5O3S/c1-30-17-5-2-15(3-6-17)23-27-20(14-32-23)22(29)24-16-4-7-18-19(12-16)26-21(25-18)13-28-8-10-31-11-9-28/h2-7,12,14H,8-11,13H2,1H3,(H,24,29)(H,25,26). The maximum absolute atomic E-state index is 12.7. The van der Waals surface area contributed by atoms with Gasteiger partial charge in [0.2, 0.25) is 0 Å². The van der Waals surface area contributed by atoms with Crippen molar-refractivity contribution in [2.24, 2.45) is 0 Å². The summed E-state index contributed by atoms with van der Waals surface area (Å²) in [5.74, 6) is 1.45. The van der Waals surface area contributed by atoms with Crippen molar-refractivity contribution in [3.63, 3.8) is 0 Å². The van der Waals surface area contributed by atoms with Crippen molar-refractivity contribution in [1.82, 2.24) is 19.9 Å². The quantitative estimate of drug-likeness (QED) is 0.465. The Hall–Kier alpha value is -3.27. The lowest BCUT2D eigenvalue weighted by atomic mass is 10.2. The molecule has 3 heterocycles. The number of thiazole rings is 1. The van der Waals surface area contributed by atoms with Crippen molar-refractivity contribution in [2.45, 2.75) is 6.54 Å². The molecule has 0 saturated carbocycles. The number of carbonyl (C=O) groups is 1. The Morgan fingerprint density at radius 1 is 1.19 bits per heavy atom. The molecule has 4 aromatic rings. The van der Waals surface area contributed by atoms with Gasteiger partial charge in [0, 0.05) is 29.7 Å². The molecule has 1 aliphatic rings. The highest BCUT2D eigenvalue weighted by atomic mass is 32.1. The van der Waals surface area contributed by atoms with Crippen LogP contribution < -0.4 is 10.1 Å². The smallest absolute Gasteiger partial charge is 0.275 e. The molecule has 0 bridgehead atoms. The molecule has 0 unspecified atom stereocenters. The van der Waals surface area contributed by atoms with Gasteiger partial charge in [-0.15, -0.1) is 11.3 Å². The van der Waals surface area contributed by atoms with Gasteiger partial charge in [-0.25, -0.2) is 9.97 Å². The highest BCUT2D eigenvalue weighted by Gasteiger charge is 2.15. The van der Waals surface area contributed by atoms with Crippen LogP contribution in [0.1, 0.15) is 16.3 Å². The molecule has 2 aromatic heterocycles. The summed E-state index contributed by atoms with van der Waals surface area (Å²) in [6.45, 7) is 4.09. The largest absolute Gasteiger partial charge is 0.497 e. The van der Waals surface area contributed by atoms with Crippen LogP contribution in [0.4, 0.5) is 5.69 Å². The number of aromatic amines is 1. The first-order valence-electron chi connectivity index (χ1n) is 10.4. The second-order valence-electron chi connectivity index (χ2n) is 7.52. The zero-order chi connectivity index (χ0) is 21.9. The molecule has 2 N–H and O–H groups in total. The fraction of sp³-hybridized carbons (Fsp3) is 0.261. The Morgan fingerprint density at radius 3 is 2.78 bits per heavy atom. The summed E-state index contributed by atoms with van der Waals surface area (Å²) in [7, 11) is 1.63. The van der Waals surface area contributed by atoms with Gasteiger partial charge in [-0.05, 0) is 42.5 Å². The van der Waals surface area contributed by atoms with Gasteiger partial charge in [-0.1, -0.05) is 0 Å². The molecule has 1 fully saturated rings. The number of nitrogens with zero attached hydrogens (tertiary/aromatic N) is 3. The SMILES string of the molecule is COc1ccc(-c2nc(C(=O)Nc3ccc4nc(CN5CCOCC5)[nH]c4c3)cs2)cc1. The molecule has 5 rings (SSSR count). The first-order chi connectivity index (χ1) is 15.7. The van der Waals surface area contributed by atoms with E-state index in [2.05, 4.69) is 25.2 Å². The molecule has 9 heteroatoms. The van der Waals surface area contributed by atoms with E-state index in [1.165, 1.54) is 11.3 Å². The molecule has 1 saturated heterocycles. The lowest BCUT2D eigenvalue weighted by Crippen LogP contribution is -2.35. The Labute approximate surface area is 189 Å². The molecule has 0 atom stereocenters. The second kappa shape index (κ2) is 9.07. The van der Waals surface area contributed by atoms with E-state index in [4.69, 9.17) is 9.47 Å².